The van der Waals surface area contributed by atoms with Crippen molar-refractivity contribution < 1.29 is 27.4 Å². The molecule has 1 atom stereocenters. The zero-order valence-electron chi connectivity index (χ0n) is 28.0. The number of carbonyl (C=O) groups is 1. The van der Waals surface area contributed by atoms with Crippen LogP contribution in [0.5, 0.6) is 17.2 Å². The van der Waals surface area contributed by atoms with E-state index in [0.29, 0.717) is 24.7 Å². The maximum Gasteiger partial charge on any atom is 0.258 e. The maximum absolute atomic E-state index is 14.5. The van der Waals surface area contributed by atoms with Gasteiger partial charge in [-0.05, 0) is 65.2 Å². The standard InChI is InChI=1S/C35H44F3N7O3/c1-22(2)45(24-18-35(37,38)19-24)34(46)26-17-23(36)5-6-29(26)48-31-20-39-21-42-33(31)44-15-9-25(10-16-44)47-30-8-13-41-27-7-12-40-28(32(27)30)11-14-43(3)4/h5-6,8,13,17,20-22,24-25,28,40H,7,9-12,14-16,18-19H2,1-4H3/t28-/m1/s1. The zero-order chi connectivity index (χ0) is 34.0. The number of piperidine rings is 1. The van der Waals surface area contributed by atoms with Crippen molar-refractivity contribution in [2.45, 2.75) is 82.5 Å². The molecule has 0 spiro atoms. The van der Waals surface area contributed by atoms with Crippen LogP contribution in [-0.2, 0) is 6.42 Å². The molecule has 2 fully saturated rings. The number of hydrogen-bond acceptors (Lipinski definition) is 9. The highest BCUT2D eigenvalue weighted by atomic mass is 19.3. The molecule has 6 rings (SSSR count). The SMILES string of the molecule is CC(C)N(C(=O)c1cc(F)ccc1Oc1cncnc1N1CCC(Oc2ccnc3c2[C@@H](CCN(C)C)NCC3)CC1)C1CC(F)(F)C1. The fraction of sp³-hybridized carbons (Fsp3) is 0.543. The molecule has 1 saturated carbocycles. The van der Waals surface area contributed by atoms with Gasteiger partial charge in [0.15, 0.2) is 11.6 Å². The predicted octanol–water partition coefficient (Wildman–Crippen LogP) is 5.64. The van der Waals surface area contributed by atoms with Crippen LogP contribution >= 0.6 is 0 Å². The van der Waals surface area contributed by atoms with E-state index in [1.165, 1.54) is 29.6 Å². The lowest BCUT2D eigenvalue weighted by atomic mass is 9.85. The Morgan fingerprint density at radius 2 is 1.88 bits per heavy atom. The molecule has 1 N–H and O–H groups in total. The molecule has 1 aliphatic carbocycles. The fourth-order valence-corrected chi connectivity index (χ4v) is 6.92. The molecular formula is C35H44F3N7O3. The number of benzene rings is 1. The molecule has 258 valence electrons. The number of hydrogen-bond donors (Lipinski definition) is 1. The number of halogens is 3. The van der Waals surface area contributed by atoms with Crippen molar-refractivity contribution in [3.8, 4) is 17.2 Å². The first kappa shape index (κ1) is 33.9. The summed E-state index contributed by atoms with van der Waals surface area (Å²) in [7, 11) is 4.15. The molecule has 13 heteroatoms. The number of rotatable bonds is 11. The highest BCUT2D eigenvalue weighted by Crippen LogP contribution is 2.43. The van der Waals surface area contributed by atoms with Crippen LogP contribution in [0, 0.1) is 5.82 Å². The minimum absolute atomic E-state index is 0.00222. The van der Waals surface area contributed by atoms with Gasteiger partial charge in [0, 0.05) is 81.6 Å². The van der Waals surface area contributed by atoms with Gasteiger partial charge in [-0.15, -0.1) is 0 Å². The van der Waals surface area contributed by atoms with Crippen LogP contribution in [0.4, 0.5) is 19.0 Å². The Bertz CT molecular complexity index is 1590. The van der Waals surface area contributed by atoms with Crippen LogP contribution in [0.3, 0.4) is 0 Å². The van der Waals surface area contributed by atoms with Crippen molar-refractivity contribution >= 4 is 11.7 Å². The third kappa shape index (κ3) is 7.52. The largest absolute Gasteiger partial charge is 0.490 e. The summed E-state index contributed by atoms with van der Waals surface area (Å²) in [5.74, 6) is -2.16. The molecule has 1 saturated heterocycles. The summed E-state index contributed by atoms with van der Waals surface area (Å²) in [4.78, 5) is 32.7. The molecule has 3 aromatic rings. The lowest BCUT2D eigenvalue weighted by Crippen LogP contribution is -2.55. The summed E-state index contributed by atoms with van der Waals surface area (Å²) in [6, 6.07) is 4.82. The normalized spacial score (nSPS) is 19.6. The molecule has 2 aliphatic heterocycles. The Balaban J connectivity index is 1.15. The summed E-state index contributed by atoms with van der Waals surface area (Å²) >= 11 is 0. The Hall–Kier alpha value is -3.97. The predicted molar refractivity (Wildman–Crippen MR) is 175 cm³/mol. The summed E-state index contributed by atoms with van der Waals surface area (Å²) in [6.45, 7) is 6.64. The Morgan fingerprint density at radius 3 is 2.58 bits per heavy atom. The molecule has 1 aromatic carbocycles. The first-order valence-electron chi connectivity index (χ1n) is 16.7. The van der Waals surface area contributed by atoms with Gasteiger partial charge < -0.3 is 29.5 Å². The average molecular weight is 668 g/mol. The monoisotopic (exact) mass is 667 g/mol. The second-order valence-corrected chi connectivity index (χ2v) is 13.5. The third-order valence-electron chi connectivity index (χ3n) is 9.34. The summed E-state index contributed by atoms with van der Waals surface area (Å²) in [5, 5.41) is 3.65. The van der Waals surface area contributed by atoms with E-state index in [-0.39, 0.29) is 29.5 Å². The zero-order valence-corrected chi connectivity index (χ0v) is 28.0. The van der Waals surface area contributed by atoms with E-state index in [0.717, 1.165) is 61.8 Å². The number of aromatic nitrogens is 3. The molecule has 3 aliphatic rings. The van der Waals surface area contributed by atoms with Gasteiger partial charge in [-0.3, -0.25) is 9.78 Å². The Kier molecular flexibility index (Phi) is 10.1. The second-order valence-electron chi connectivity index (χ2n) is 13.5. The van der Waals surface area contributed by atoms with Crippen LogP contribution < -0.4 is 19.7 Å². The van der Waals surface area contributed by atoms with Gasteiger partial charge in [0.1, 0.15) is 29.7 Å². The topological polar surface area (TPSA) is 96.0 Å². The van der Waals surface area contributed by atoms with Gasteiger partial charge in [0.25, 0.3) is 11.8 Å². The van der Waals surface area contributed by atoms with Crippen LogP contribution in [0.2, 0.25) is 0 Å². The average Bonchev–Trinajstić information content (AvgIpc) is 3.04. The first-order valence-corrected chi connectivity index (χ1v) is 16.7. The lowest BCUT2D eigenvalue weighted by molar-refractivity contribution is -0.120. The van der Waals surface area contributed by atoms with Gasteiger partial charge >= 0.3 is 0 Å². The molecule has 0 bridgehead atoms. The summed E-state index contributed by atoms with van der Waals surface area (Å²) in [5.41, 5.74) is 2.21. The highest BCUT2D eigenvalue weighted by Gasteiger charge is 2.50. The van der Waals surface area contributed by atoms with Crippen molar-refractivity contribution in [2.75, 3.05) is 45.2 Å². The lowest BCUT2D eigenvalue weighted by Gasteiger charge is -2.44. The van der Waals surface area contributed by atoms with Crippen LogP contribution in [0.25, 0.3) is 0 Å². The summed E-state index contributed by atoms with van der Waals surface area (Å²) in [6.07, 6.45) is 7.25. The van der Waals surface area contributed by atoms with Gasteiger partial charge in [0.2, 0.25) is 0 Å². The molecule has 1 amide bonds. The molecule has 0 radical (unpaired) electrons. The van der Waals surface area contributed by atoms with Crippen molar-refractivity contribution in [3.63, 3.8) is 0 Å². The minimum atomic E-state index is -2.81. The molecule has 0 unspecified atom stereocenters. The van der Waals surface area contributed by atoms with E-state index in [1.54, 1.807) is 13.8 Å². The van der Waals surface area contributed by atoms with E-state index in [2.05, 4.69) is 44.2 Å². The number of amides is 1. The van der Waals surface area contributed by atoms with Crippen molar-refractivity contribution in [1.82, 2.24) is 30.1 Å². The molecule has 2 aromatic heterocycles. The molecule has 4 heterocycles. The van der Waals surface area contributed by atoms with E-state index < -0.39 is 36.5 Å². The number of nitrogens with one attached hydrogen (secondary N) is 1. The number of anilines is 1. The quantitative estimate of drug-likeness (QED) is 0.279. The van der Waals surface area contributed by atoms with E-state index in [4.69, 9.17) is 9.47 Å². The Morgan fingerprint density at radius 1 is 1.10 bits per heavy atom. The van der Waals surface area contributed by atoms with Crippen LogP contribution in [0.1, 0.15) is 73.6 Å². The third-order valence-corrected chi connectivity index (χ3v) is 9.34. The number of alkyl halides is 2. The van der Waals surface area contributed by atoms with E-state index in [1.807, 2.05) is 12.3 Å². The fourth-order valence-electron chi connectivity index (χ4n) is 6.92. The van der Waals surface area contributed by atoms with Gasteiger partial charge in [-0.2, -0.15) is 0 Å². The second kappa shape index (κ2) is 14.3. The molecule has 10 nitrogen and oxygen atoms in total. The van der Waals surface area contributed by atoms with Crippen LogP contribution in [0.15, 0.2) is 43.0 Å². The number of carbonyl (C=O) groups excluding carboxylic acids is 1. The van der Waals surface area contributed by atoms with Crippen molar-refractivity contribution in [3.05, 3.63) is 65.6 Å². The van der Waals surface area contributed by atoms with Gasteiger partial charge in [-0.1, -0.05) is 0 Å². The van der Waals surface area contributed by atoms with Crippen molar-refractivity contribution in [1.29, 1.82) is 0 Å². The first-order chi connectivity index (χ1) is 23.0. The number of nitrogens with zero attached hydrogens (tertiary/aromatic N) is 6. The van der Waals surface area contributed by atoms with Crippen molar-refractivity contribution in [2.24, 2.45) is 0 Å². The van der Waals surface area contributed by atoms with Gasteiger partial charge in [0.05, 0.1) is 17.5 Å². The van der Waals surface area contributed by atoms with Gasteiger partial charge in [-0.25, -0.2) is 23.1 Å². The summed E-state index contributed by atoms with van der Waals surface area (Å²) < 4.78 is 54.8. The number of fused-ring (bicyclic) bond motifs is 1. The molecule has 48 heavy (non-hydrogen) atoms. The van der Waals surface area contributed by atoms with E-state index >= 15 is 0 Å². The minimum Gasteiger partial charge on any atom is -0.490 e. The van der Waals surface area contributed by atoms with Crippen LogP contribution in [-0.4, -0.2) is 95.0 Å². The number of pyridine rings is 1. The van der Waals surface area contributed by atoms with E-state index in [9.17, 15) is 18.0 Å². The smallest absolute Gasteiger partial charge is 0.258 e. The number of ether oxygens (including phenoxy) is 2. The Labute approximate surface area is 279 Å². The maximum atomic E-state index is 14.5. The molecular weight excluding hydrogens is 623 g/mol. The highest BCUT2D eigenvalue weighted by molar-refractivity contribution is 5.97.